The number of hydrogen-bond acceptors (Lipinski definition) is 6. The Morgan fingerprint density at radius 1 is 1.37 bits per heavy atom. The second kappa shape index (κ2) is 5.64. The van der Waals surface area contributed by atoms with Crippen molar-refractivity contribution >= 4 is 39.1 Å². The van der Waals surface area contributed by atoms with Gasteiger partial charge in [0.2, 0.25) is 0 Å². The molecule has 0 saturated heterocycles. The molecule has 0 unspecified atom stereocenters. The van der Waals surface area contributed by atoms with Crippen molar-refractivity contribution in [3.05, 3.63) is 16.3 Å². The maximum atomic E-state index is 5.65. The summed E-state index contributed by atoms with van der Waals surface area (Å²) in [4.78, 5) is 11.9. The molecule has 4 nitrogen and oxygen atoms in total. The van der Waals surface area contributed by atoms with Gasteiger partial charge in [0.1, 0.15) is 10.7 Å². The van der Waals surface area contributed by atoms with Gasteiger partial charge in [-0.3, -0.25) is 0 Å². The maximum absolute atomic E-state index is 5.65. The average molecular weight is 294 g/mol. The number of rotatable bonds is 5. The third-order valence-electron chi connectivity index (χ3n) is 3.33. The first kappa shape index (κ1) is 13.1. The highest BCUT2D eigenvalue weighted by molar-refractivity contribution is 7.98. The summed E-state index contributed by atoms with van der Waals surface area (Å²) >= 11 is 3.69. The molecule has 1 aliphatic carbocycles. The van der Waals surface area contributed by atoms with Gasteiger partial charge >= 0.3 is 0 Å². The van der Waals surface area contributed by atoms with E-state index in [0.717, 1.165) is 39.8 Å². The van der Waals surface area contributed by atoms with Crippen LogP contribution in [0.25, 0.3) is 10.2 Å². The van der Waals surface area contributed by atoms with Crippen LogP contribution in [0.15, 0.2) is 0 Å². The Hall–Kier alpha value is -0.850. The number of aromatic nitrogens is 2. The number of anilines is 1. The van der Waals surface area contributed by atoms with Crippen LogP contribution in [0, 0.1) is 0 Å². The summed E-state index contributed by atoms with van der Waals surface area (Å²) in [7, 11) is 0. The first-order valence-electron chi connectivity index (χ1n) is 6.69. The molecule has 0 saturated carbocycles. The lowest BCUT2D eigenvalue weighted by molar-refractivity contribution is 0.916. The van der Waals surface area contributed by atoms with E-state index in [9.17, 15) is 0 Å². The molecule has 0 fully saturated rings. The highest BCUT2D eigenvalue weighted by atomic mass is 32.2. The number of fused-ring (bicyclic) bond motifs is 3. The number of nitrogens with one attached hydrogen (secondary N) is 1. The highest BCUT2D eigenvalue weighted by Crippen LogP contribution is 2.39. The fourth-order valence-electron chi connectivity index (χ4n) is 2.52. The molecule has 0 radical (unpaired) electrons. The Balaban J connectivity index is 1.99. The largest absolute Gasteiger partial charge is 0.308 e. The second-order valence-corrected chi connectivity index (χ2v) is 6.91. The molecule has 2 aromatic heterocycles. The predicted octanol–water partition coefficient (Wildman–Crippen LogP) is 3.11. The summed E-state index contributed by atoms with van der Waals surface area (Å²) in [5.41, 5.74) is 4.18. The number of thioether (sulfide) groups is 1. The summed E-state index contributed by atoms with van der Waals surface area (Å²) in [6.07, 6.45) is 4.75. The van der Waals surface area contributed by atoms with Crippen molar-refractivity contribution in [3.8, 4) is 0 Å². The van der Waals surface area contributed by atoms with Crippen molar-refractivity contribution in [1.29, 1.82) is 0 Å². The molecule has 6 heteroatoms. The van der Waals surface area contributed by atoms with E-state index < -0.39 is 0 Å². The molecule has 2 aromatic rings. The molecule has 0 aliphatic heterocycles. The van der Waals surface area contributed by atoms with E-state index in [4.69, 9.17) is 10.8 Å². The summed E-state index contributed by atoms with van der Waals surface area (Å²) in [6.45, 7) is 2.19. The Labute approximate surface area is 121 Å². The molecule has 1 aliphatic rings. The minimum atomic E-state index is 0.802. The zero-order chi connectivity index (χ0) is 13.2. The van der Waals surface area contributed by atoms with Gasteiger partial charge in [0.15, 0.2) is 5.82 Å². The molecule has 0 atom stereocenters. The Bertz CT molecular complexity index is 594. The number of nitrogen functional groups attached to an aromatic ring is 1. The molecular weight excluding hydrogens is 276 g/mol. The Morgan fingerprint density at radius 2 is 2.26 bits per heavy atom. The zero-order valence-electron chi connectivity index (χ0n) is 11.0. The maximum Gasteiger partial charge on any atom is 0.152 e. The third kappa shape index (κ3) is 2.44. The van der Waals surface area contributed by atoms with Gasteiger partial charge in [0.05, 0.1) is 11.1 Å². The lowest BCUT2D eigenvalue weighted by atomic mass is 10.2. The normalized spacial score (nSPS) is 14.0. The topological polar surface area (TPSA) is 63.8 Å². The van der Waals surface area contributed by atoms with Gasteiger partial charge in [-0.25, -0.2) is 15.8 Å². The standard InChI is InChI=1S/C13H18N4S2/c1-2-6-18-7-10-15-12(17-14)11-8-4-3-5-9(8)19-13(11)16-10/h2-7,14H2,1H3,(H,15,16,17). The van der Waals surface area contributed by atoms with Crippen molar-refractivity contribution in [2.24, 2.45) is 5.84 Å². The van der Waals surface area contributed by atoms with Crippen molar-refractivity contribution in [2.75, 3.05) is 11.2 Å². The number of aryl methyl sites for hydroxylation is 2. The third-order valence-corrected chi connectivity index (χ3v) is 5.67. The van der Waals surface area contributed by atoms with Crippen molar-refractivity contribution in [2.45, 2.75) is 38.4 Å². The van der Waals surface area contributed by atoms with E-state index in [2.05, 4.69) is 17.3 Å². The van der Waals surface area contributed by atoms with Crippen LogP contribution in [-0.4, -0.2) is 15.7 Å². The van der Waals surface area contributed by atoms with E-state index in [1.54, 1.807) is 0 Å². The fourth-order valence-corrected chi connectivity index (χ4v) is 4.54. The van der Waals surface area contributed by atoms with Gasteiger partial charge in [0, 0.05) is 4.88 Å². The molecular formula is C13H18N4S2. The molecule has 2 heterocycles. The Morgan fingerprint density at radius 3 is 3.05 bits per heavy atom. The minimum absolute atomic E-state index is 0.802. The van der Waals surface area contributed by atoms with Crippen LogP contribution in [0.3, 0.4) is 0 Å². The summed E-state index contributed by atoms with van der Waals surface area (Å²) in [5.74, 6) is 9.35. The monoisotopic (exact) mass is 294 g/mol. The second-order valence-electron chi connectivity index (χ2n) is 4.72. The minimum Gasteiger partial charge on any atom is -0.308 e. The van der Waals surface area contributed by atoms with Gasteiger partial charge in [-0.05, 0) is 37.0 Å². The van der Waals surface area contributed by atoms with Crippen LogP contribution < -0.4 is 11.3 Å². The van der Waals surface area contributed by atoms with E-state index in [1.807, 2.05) is 23.1 Å². The van der Waals surface area contributed by atoms with E-state index >= 15 is 0 Å². The molecule has 19 heavy (non-hydrogen) atoms. The lowest BCUT2D eigenvalue weighted by Gasteiger charge is -2.06. The number of hydrazine groups is 1. The first-order valence-corrected chi connectivity index (χ1v) is 8.66. The van der Waals surface area contributed by atoms with Crippen LogP contribution in [0.1, 0.15) is 36.0 Å². The highest BCUT2D eigenvalue weighted by Gasteiger charge is 2.21. The molecule has 0 spiro atoms. The molecule has 0 bridgehead atoms. The van der Waals surface area contributed by atoms with Crippen LogP contribution >= 0.6 is 23.1 Å². The molecule has 102 valence electrons. The molecule has 0 amide bonds. The average Bonchev–Trinajstić information content (AvgIpc) is 2.98. The number of nitrogens with two attached hydrogens (primary N) is 1. The molecule has 3 rings (SSSR count). The van der Waals surface area contributed by atoms with Gasteiger partial charge < -0.3 is 5.43 Å². The summed E-state index contributed by atoms with van der Waals surface area (Å²) in [6, 6.07) is 0. The van der Waals surface area contributed by atoms with E-state index in [-0.39, 0.29) is 0 Å². The SMILES string of the molecule is CCCSCc1nc(NN)c2c3c(sc2n1)CCC3. The summed E-state index contributed by atoms with van der Waals surface area (Å²) in [5, 5.41) is 1.16. The quantitative estimate of drug-likeness (QED) is 0.504. The smallest absolute Gasteiger partial charge is 0.152 e. The first-order chi connectivity index (χ1) is 9.33. The van der Waals surface area contributed by atoms with Gasteiger partial charge in [0.25, 0.3) is 0 Å². The summed E-state index contributed by atoms with van der Waals surface area (Å²) < 4.78 is 0. The fraction of sp³-hybridized carbons (Fsp3) is 0.538. The van der Waals surface area contributed by atoms with Crippen LogP contribution in [0.5, 0.6) is 0 Å². The van der Waals surface area contributed by atoms with Gasteiger partial charge in [-0.15, -0.1) is 11.3 Å². The molecule has 0 aromatic carbocycles. The van der Waals surface area contributed by atoms with Gasteiger partial charge in [-0.1, -0.05) is 6.92 Å². The van der Waals surface area contributed by atoms with Crippen molar-refractivity contribution in [1.82, 2.24) is 9.97 Å². The number of nitrogens with zero attached hydrogens (tertiary/aromatic N) is 2. The van der Waals surface area contributed by atoms with E-state index in [0.29, 0.717) is 0 Å². The van der Waals surface area contributed by atoms with Gasteiger partial charge in [-0.2, -0.15) is 11.8 Å². The number of thiophene rings is 1. The van der Waals surface area contributed by atoms with Crippen LogP contribution in [0.4, 0.5) is 5.82 Å². The Kier molecular flexibility index (Phi) is 3.91. The molecule has 3 N–H and O–H groups in total. The van der Waals surface area contributed by atoms with Crippen molar-refractivity contribution < 1.29 is 0 Å². The predicted molar refractivity (Wildman–Crippen MR) is 83.7 cm³/mol. The van der Waals surface area contributed by atoms with Crippen molar-refractivity contribution in [3.63, 3.8) is 0 Å². The van der Waals surface area contributed by atoms with Crippen LogP contribution in [-0.2, 0) is 18.6 Å². The zero-order valence-corrected chi connectivity index (χ0v) is 12.7. The number of hydrogen-bond donors (Lipinski definition) is 2. The lowest BCUT2D eigenvalue weighted by Crippen LogP contribution is -2.11. The van der Waals surface area contributed by atoms with E-state index in [1.165, 1.54) is 29.7 Å². The van der Waals surface area contributed by atoms with Crippen LogP contribution in [0.2, 0.25) is 0 Å².